The Morgan fingerprint density at radius 2 is 1.91 bits per heavy atom. The predicted molar refractivity (Wildman–Crippen MR) is 88.8 cm³/mol. The molecule has 0 radical (unpaired) electrons. The second-order valence-electron chi connectivity index (χ2n) is 4.67. The van der Waals surface area contributed by atoms with Gasteiger partial charge in [-0.25, -0.2) is 9.97 Å². The molecule has 3 aromatic rings. The number of anilines is 1. The van der Waals surface area contributed by atoms with E-state index in [1.165, 1.54) is 0 Å². The Labute approximate surface area is 135 Å². The smallest absolute Gasteiger partial charge is 0.322 e. The minimum atomic E-state index is -0.958. The molecule has 0 aliphatic carbocycles. The van der Waals surface area contributed by atoms with E-state index in [4.69, 9.17) is 5.11 Å². The van der Waals surface area contributed by atoms with Gasteiger partial charge in [0.1, 0.15) is 6.54 Å². The van der Waals surface area contributed by atoms with Crippen molar-refractivity contribution in [2.24, 2.45) is 0 Å². The van der Waals surface area contributed by atoms with Gasteiger partial charge in [0, 0.05) is 15.4 Å². The van der Waals surface area contributed by atoms with Crippen molar-refractivity contribution < 1.29 is 9.90 Å². The largest absolute Gasteiger partial charge is 0.480 e. The fourth-order valence-corrected chi connectivity index (χ4v) is 2.51. The molecule has 0 saturated heterocycles. The lowest BCUT2D eigenvalue weighted by Gasteiger charge is -2.10. The molecular formula is C16H12BrN3O2. The first-order valence-electron chi connectivity index (χ1n) is 6.62. The van der Waals surface area contributed by atoms with E-state index in [1.54, 1.807) is 0 Å². The van der Waals surface area contributed by atoms with E-state index in [0.29, 0.717) is 5.95 Å². The van der Waals surface area contributed by atoms with Crippen molar-refractivity contribution in [2.45, 2.75) is 0 Å². The molecule has 0 amide bonds. The molecule has 0 aliphatic heterocycles. The van der Waals surface area contributed by atoms with Gasteiger partial charge in [-0.1, -0.05) is 46.3 Å². The highest BCUT2D eigenvalue weighted by molar-refractivity contribution is 9.10. The Balaban J connectivity index is 2.17. The summed E-state index contributed by atoms with van der Waals surface area (Å²) < 4.78 is 0.937. The molecule has 2 aromatic carbocycles. The fourth-order valence-electron chi connectivity index (χ4n) is 2.15. The Morgan fingerprint density at radius 1 is 1.14 bits per heavy atom. The summed E-state index contributed by atoms with van der Waals surface area (Å²) in [7, 11) is 0. The third-order valence-corrected chi connectivity index (χ3v) is 3.60. The molecule has 0 saturated carbocycles. The van der Waals surface area contributed by atoms with Crippen LogP contribution in [0.4, 0.5) is 5.95 Å². The number of halogens is 1. The lowest BCUT2D eigenvalue weighted by molar-refractivity contribution is -0.134. The van der Waals surface area contributed by atoms with Crippen LogP contribution in [0, 0.1) is 0 Å². The zero-order valence-corrected chi connectivity index (χ0v) is 13.0. The number of carbonyl (C=O) groups is 1. The minimum Gasteiger partial charge on any atom is -0.480 e. The van der Waals surface area contributed by atoms with Crippen LogP contribution in [0.2, 0.25) is 0 Å². The van der Waals surface area contributed by atoms with Crippen LogP contribution in [-0.4, -0.2) is 27.6 Å². The topological polar surface area (TPSA) is 75.1 Å². The van der Waals surface area contributed by atoms with Crippen LogP contribution < -0.4 is 5.32 Å². The van der Waals surface area contributed by atoms with E-state index in [-0.39, 0.29) is 6.54 Å². The predicted octanol–water partition coefficient (Wildman–Crippen LogP) is 3.56. The number of hydrogen-bond donors (Lipinski definition) is 2. The van der Waals surface area contributed by atoms with Gasteiger partial charge < -0.3 is 10.4 Å². The zero-order chi connectivity index (χ0) is 15.5. The molecule has 6 heteroatoms. The molecular weight excluding hydrogens is 346 g/mol. The van der Waals surface area contributed by atoms with Crippen LogP contribution in [0.25, 0.3) is 22.2 Å². The summed E-state index contributed by atoms with van der Waals surface area (Å²) in [4.78, 5) is 19.6. The van der Waals surface area contributed by atoms with Crippen molar-refractivity contribution in [3.05, 3.63) is 53.0 Å². The van der Waals surface area contributed by atoms with Gasteiger partial charge in [0.15, 0.2) is 0 Å². The van der Waals surface area contributed by atoms with Gasteiger partial charge in [0.2, 0.25) is 5.95 Å². The Kier molecular flexibility index (Phi) is 4.02. The van der Waals surface area contributed by atoms with E-state index in [2.05, 4.69) is 31.2 Å². The SMILES string of the molecule is O=C(O)CNc1nc(-c2ccccc2)c2cc(Br)ccc2n1. The molecule has 5 nitrogen and oxygen atoms in total. The van der Waals surface area contributed by atoms with Crippen molar-refractivity contribution in [3.8, 4) is 11.3 Å². The molecule has 1 heterocycles. The van der Waals surface area contributed by atoms with Gasteiger partial charge in [-0.3, -0.25) is 4.79 Å². The number of rotatable bonds is 4. The molecule has 3 rings (SSSR count). The van der Waals surface area contributed by atoms with Gasteiger partial charge in [-0.15, -0.1) is 0 Å². The monoisotopic (exact) mass is 357 g/mol. The van der Waals surface area contributed by atoms with Gasteiger partial charge in [0.05, 0.1) is 11.2 Å². The van der Waals surface area contributed by atoms with Crippen LogP contribution >= 0.6 is 15.9 Å². The standard InChI is InChI=1S/C16H12BrN3O2/c17-11-6-7-13-12(8-11)15(10-4-2-1-3-5-10)20-16(19-13)18-9-14(21)22/h1-8H,9H2,(H,21,22)(H,18,19,20). The quantitative estimate of drug-likeness (QED) is 0.746. The van der Waals surface area contributed by atoms with Crippen LogP contribution in [0.15, 0.2) is 53.0 Å². The van der Waals surface area contributed by atoms with E-state index >= 15 is 0 Å². The summed E-state index contributed by atoms with van der Waals surface area (Å²) in [6.45, 7) is -0.226. The molecule has 1 aromatic heterocycles. The zero-order valence-electron chi connectivity index (χ0n) is 11.5. The van der Waals surface area contributed by atoms with Crippen molar-refractivity contribution >= 4 is 38.8 Å². The van der Waals surface area contributed by atoms with Gasteiger partial charge >= 0.3 is 5.97 Å². The first-order chi connectivity index (χ1) is 10.6. The van der Waals surface area contributed by atoms with E-state index in [9.17, 15) is 4.79 Å². The maximum absolute atomic E-state index is 10.7. The van der Waals surface area contributed by atoms with Crippen molar-refractivity contribution in [2.75, 3.05) is 11.9 Å². The summed E-state index contributed by atoms with van der Waals surface area (Å²) in [6, 6.07) is 15.5. The van der Waals surface area contributed by atoms with E-state index in [0.717, 1.165) is 26.6 Å². The summed E-state index contributed by atoms with van der Waals surface area (Å²) in [6.07, 6.45) is 0. The first kappa shape index (κ1) is 14.5. The maximum Gasteiger partial charge on any atom is 0.322 e. The lowest BCUT2D eigenvalue weighted by Crippen LogP contribution is -2.14. The maximum atomic E-state index is 10.7. The highest BCUT2D eigenvalue weighted by Gasteiger charge is 2.10. The minimum absolute atomic E-state index is 0.226. The summed E-state index contributed by atoms with van der Waals surface area (Å²) in [5.41, 5.74) is 2.47. The third-order valence-electron chi connectivity index (χ3n) is 3.10. The summed E-state index contributed by atoms with van der Waals surface area (Å²) >= 11 is 3.46. The number of hydrogen-bond acceptors (Lipinski definition) is 4. The Hall–Kier alpha value is -2.47. The highest BCUT2D eigenvalue weighted by atomic mass is 79.9. The molecule has 0 unspecified atom stereocenters. The van der Waals surface area contributed by atoms with Gasteiger partial charge in [-0.05, 0) is 18.2 Å². The highest BCUT2D eigenvalue weighted by Crippen LogP contribution is 2.29. The Morgan fingerprint density at radius 3 is 2.64 bits per heavy atom. The second kappa shape index (κ2) is 6.11. The van der Waals surface area contributed by atoms with Crippen LogP contribution in [0.5, 0.6) is 0 Å². The Bertz CT molecular complexity index is 837. The third kappa shape index (κ3) is 3.07. The van der Waals surface area contributed by atoms with Crippen molar-refractivity contribution in [1.29, 1.82) is 0 Å². The normalized spacial score (nSPS) is 10.6. The van der Waals surface area contributed by atoms with E-state index in [1.807, 2.05) is 48.5 Å². The van der Waals surface area contributed by atoms with Crippen molar-refractivity contribution in [3.63, 3.8) is 0 Å². The number of nitrogens with zero attached hydrogens (tertiary/aromatic N) is 2. The number of aliphatic carboxylic acids is 1. The second-order valence-corrected chi connectivity index (χ2v) is 5.59. The summed E-state index contributed by atoms with van der Waals surface area (Å²) in [5.74, 6) is -0.656. The van der Waals surface area contributed by atoms with Crippen LogP contribution in [-0.2, 0) is 4.79 Å². The average molecular weight is 358 g/mol. The first-order valence-corrected chi connectivity index (χ1v) is 7.41. The van der Waals surface area contributed by atoms with Crippen LogP contribution in [0.3, 0.4) is 0 Å². The molecule has 0 fully saturated rings. The fraction of sp³-hybridized carbons (Fsp3) is 0.0625. The van der Waals surface area contributed by atoms with Crippen LogP contribution in [0.1, 0.15) is 0 Å². The molecule has 0 aliphatic rings. The number of fused-ring (bicyclic) bond motifs is 1. The number of nitrogens with one attached hydrogen (secondary N) is 1. The van der Waals surface area contributed by atoms with Gasteiger partial charge in [-0.2, -0.15) is 0 Å². The number of carboxylic acids is 1. The molecule has 0 bridgehead atoms. The summed E-state index contributed by atoms with van der Waals surface area (Å²) in [5, 5.41) is 12.4. The van der Waals surface area contributed by atoms with Crippen molar-refractivity contribution in [1.82, 2.24) is 9.97 Å². The van der Waals surface area contributed by atoms with E-state index < -0.39 is 5.97 Å². The molecule has 110 valence electrons. The molecule has 0 spiro atoms. The number of carboxylic acid groups (broad SMARTS) is 1. The molecule has 2 N–H and O–H groups in total. The molecule has 22 heavy (non-hydrogen) atoms. The number of aromatic nitrogens is 2. The molecule has 0 atom stereocenters. The average Bonchev–Trinajstić information content (AvgIpc) is 2.53. The van der Waals surface area contributed by atoms with Gasteiger partial charge in [0.25, 0.3) is 0 Å². The number of benzene rings is 2. The lowest BCUT2D eigenvalue weighted by atomic mass is 10.1.